The number of imidazole rings is 1. The van der Waals surface area contributed by atoms with E-state index in [1.807, 2.05) is 72.8 Å². The Morgan fingerprint density at radius 1 is 1.00 bits per heavy atom. The summed E-state index contributed by atoms with van der Waals surface area (Å²) in [5.41, 5.74) is 16.8. The Bertz CT molecular complexity index is 1530. The van der Waals surface area contributed by atoms with Crippen LogP contribution in [0.2, 0.25) is 5.15 Å². The molecule has 5 rings (SSSR count). The number of carbonyl (C=O) groups excluding carboxylic acids is 1. The van der Waals surface area contributed by atoms with Gasteiger partial charge in [-0.05, 0) is 35.2 Å². The summed E-state index contributed by atoms with van der Waals surface area (Å²) >= 11 is 6.58. The van der Waals surface area contributed by atoms with Crippen LogP contribution in [0.4, 0.5) is 10.6 Å². The van der Waals surface area contributed by atoms with Gasteiger partial charge in [-0.25, -0.2) is 9.78 Å². The van der Waals surface area contributed by atoms with E-state index in [-0.39, 0.29) is 6.03 Å². The minimum Gasteiger partial charge on any atom is -0.382 e. The number of nitrogen functional groups attached to an aromatic ring is 1. The molecule has 0 saturated carbocycles. The van der Waals surface area contributed by atoms with E-state index in [0.29, 0.717) is 42.0 Å². The van der Waals surface area contributed by atoms with Crippen LogP contribution in [0.25, 0.3) is 22.2 Å². The molecule has 10 heteroatoms. The van der Waals surface area contributed by atoms with Gasteiger partial charge in [0.15, 0.2) is 5.82 Å². The van der Waals surface area contributed by atoms with Gasteiger partial charge in [0, 0.05) is 24.0 Å². The topological polar surface area (TPSA) is 151 Å². The van der Waals surface area contributed by atoms with Crippen molar-refractivity contribution in [3.05, 3.63) is 100 Å². The fourth-order valence-electron chi connectivity index (χ4n) is 4.24. The first-order valence-corrected chi connectivity index (χ1v) is 12.2. The molecule has 188 valence electrons. The summed E-state index contributed by atoms with van der Waals surface area (Å²) in [5, 5.41) is 14.1. The zero-order valence-electron chi connectivity index (χ0n) is 20.0. The number of carbonyl (C=O) groups is 1. The zero-order chi connectivity index (χ0) is 25.8. The first-order chi connectivity index (χ1) is 18.0. The average Bonchev–Trinajstić information content (AvgIpc) is 3.50. The molecule has 1 unspecified atom stereocenters. The van der Waals surface area contributed by atoms with Gasteiger partial charge >= 0.3 is 6.03 Å². The number of nitrogens with two attached hydrogens (primary N) is 2. The molecule has 0 spiro atoms. The summed E-state index contributed by atoms with van der Waals surface area (Å²) in [6.45, 7) is 0.816. The molecule has 1 atom stereocenters. The van der Waals surface area contributed by atoms with E-state index < -0.39 is 6.04 Å². The van der Waals surface area contributed by atoms with Gasteiger partial charge in [-0.2, -0.15) is 5.10 Å². The van der Waals surface area contributed by atoms with E-state index in [0.717, 1.165) is 33.2 Å². The molecule has 2 heterocycles. The van der Waals surface area contributed by atoms with Crippen LogP contribution in [0.15, 0.2) is 72.8 Å². The van der Waals surface area contributed by atoms with E-state index in [9.17, 15) is 4.79 Å². The lowest BCUT2D eigenvalue weighted by Crippen LogP contribution is -2.38. The summed E-state index contributed by atoms with van der Waals surface area (Å²) in [4.78, 5) is 20.8. The summed E-state index contributed by atoms with van der Waals surface area (Å²) < 4.78 is 0. The van der Waals surface area contributed by atoms with Crippen LogP contribution < -0.4 is 22.1 Å². The van der Waals surface area contributed by atoms with Gasteiger partial charge in [0.25, 0.3) is 0 Å². The van der Waals surface area contributed by atoms with Gasteiger partial charge in [-0.3, -0.25) is 5.10 Å². The zero-order valence-corrected chi connectivity index (χ0v) is 20.7. The predicted molar refractivity (Wildman–Crippen MR) is 146 cm³/mol. The molecule has 0 aliphatic heterocycles. The van der Waals surface area contributed by atoms with Crippen LogP contribution in [0.5, 0.6) is 0 Å². The maximum Gasteiger partial charge on any atom is 0.315 e. The molecule has 0 fully saturated rings. The summed E-state index contributed by atoms with van der Waals surface area (Å²) in [7, 11) is 0. The molecule has 5 aromatic rings. The second-order valence-electron chi connectivity index (χ2n) is 8.75. The van der Waals surface area contributed by atoms with Crippen molar-refractivity contribution in [3.63, 3.8) is 0 Å². The Hall–Kier alpha value is -4.34. The highest BCUT2D eigenvalue weighted by molar-refractivity contribution is 6.32. The van der Waals surface area contributed by atoms with Crippen molar-refractivity contribution in [3.8, 4) is 11.3 Å². The quantitative estimate of drug-likeness (QED) is 0.181. The van der Waals surface area contributed by atoms with Crippen molar-refractivity contribution < 1.29 is 4.79 Å². The number of amides is 2. The van der Waals surface area contributed by atoms with Crippen LogP contribution in [0, 0.1) is 0 Å². The van der Waals surface area contributed by atoms with E-state index in [1.165, 1.54) is 0 Å². The highest BCUT2D eigenvalue weighted by Gasteiger charge is 2.22. The van der Waals surface area contributed by atoms with Gasteiger partial charge in [0.2, 0.25) is 0 Å². The van der Waals surface area contributed by atoms with Gasteiger partial charge in [0.1, 0.15) is 16.7 Å². The lowest BCUT2D eigenvalue weighted by atomic mass is 10.1. The molecular formula is C27H27ClN8O. The van der Waals surface area contributed by atoms with Crippen molar-refractivity contribution in [1.29, 1.82) is 0 Å². The number of aromatic nitrogens is 4. The standard InChI is InChI=1S/C27H27ClN8O/c28-24-23(19-9-10-20-21(13-19)35-36-25(20)30)33-26(34-24)22(12-16-5-2-1-3-6-16)32-27(37)31-15-18-8-4-7-17(11-18)14-29/h1-11,13,22H,12,14-15,29H2,(H,33,34)(H3,30,35,36)(H2,31,32,37). The number of anilines is 1. The summed E-state index contributed by atoms with van der Waals surface area (Å²) in [6.07, 6.45) is 0.524. The highest BCUT2D eigenvalue weighted by atomic mass is 35.5. The third-order valence-corrected chi connectivity index (χ3v) is 6.42. The van der Waals surface area contributed by atoms with Crippen molar-refractivity contribution >= 4 is 34.4 Å². The van der Waals surface area contributed by atoms with Crippen molar-refractivity contribution in [2.75, 3.05) is 5.73 Å². The molecule has 9 nitrogen and oxygen atoms in total. The molecular weight excluding hydrogens is 488 g/mol. The van der Waals surface area contributed by atoms with E-state index in [2.05, 4.69) is 25.8 Å². The Morgan fingerprint density at radius 3 is 2.59 bits per heavy atom. The maximum absolute atomic E-state index is 12.9. The lowest BCUT2D eigenvalue weighted by molar-refractivity contribution is 0.236. The largest absolute Gasteiger partial charge is 0.382 e. The Morgan fingerprint density at radius 2 is 1.78 bits per heavy atom. The molecule has 2 amide bonds. The second-order valence-corrected chi connectivity index (χ2v) is 9.13. The van der Waals surface area contributed by atoms with Gasteiger partial charge in [0.05, 0.1) is 11.6 Å². The average molecular weight is 515 g/mol. The number of nitrogens with zero attached hydrogens (tertiary/aromatic N) is 2. The molecule has 0 bridgehead atoms. The van der Waals surface area contributed by atoms with Crippen LogP contribution in [-0.4, -0.2) is 26.2 Å². The fourth-order valence-corrected chi connectivity index (χ4v) is 4.49. The molecule has 3 aromatic carbocycles. The highest BCUT2D eigenvalue weighted by Crippen LogP contribution is 2.31. The predicted octanol–water partition coefficient (Wildman–Crippen LogP) is 4.43. The molecule has 0 saturated heterocycles. The number of hydrogen-bond donors (Lipinski definition) is 6. The fraction of sp³-hybridized carbons (Fsp3) is 0.148. The molecule has 2 aromatic heterocycles. The van der Waals surface area contributed by atoms with E-state index >= 15 is 0 Å². The van der Waals surface area contributed by atoms with E-state index in [4.69, 9.17) is 28.1 Å². The Kier molecular flexibility index (Phi) is 7.07. The lowest BCUT2D eigenvalue weighted by Gasteiger charge is -2.18. The third-order valence-electron chi connectivity index (χ3n) is 6.14. The smallest absolute Gasteiger partial charge is 0.315 e. The number of nitrogens with one attached hydrogen (secondary N) is 4. The summed E-state index contributed by atoms with van der Waals surface area (Å²) in [6, 6.07) is 22.6. The normalized spacial score (nSPS) is 11.9. The summed E-state index contributed by atoms with van der Waals surface area (Å²) in [5.74, 6) is 0.983. The molecule has 0 aliphatic rings. The number of hydrogen-bond acceptors (Lipinski definition) is 5. The SMILES string of the molecule is NCc1cccc(CNC(=O)NC(Cc2ccccc2)c2nc(-c3ccc4c(N)n[nH]c4c3)c(Cl)[nH]2)c1. The Labute approximate surface area is 218 Å². The van der Waals surface area contributed by atoms with Crippen LogP contribution in [-0.2, 0) is 19.5 Å². The van der Waals surface area contributed by atoms with Crippen molar-refractivity contribution in [2.24, 2.45) is 5.73 Å². The van der Waals surface area contributed by atoms with Gasteiger partial charge in [-0.1, -0.05) is 72.3 Å². The first kappa shape index (κ1) is 24.4. The van der Waals surface area contributed by atoms with Crippen LogP contribution in [0.1, 0.15) is 28.6 Å². The maximum atomic E-state index is 12.9. The number of aromatic amines is 2. The monoisotopic (exact) mass is 514 g/mol. The van der Waals surface area contributed by atoms with E-state index in [1.54, 1.807) is 0 Å². The third kappa shape index (κ3) is 5.58. The number of urea groups is 1. The number of benzene rings is 3. The molecule has 8 N–H and O–H groups in total. The van der Waals surface area contributed by atoms with Crippen LogP contribution in [0.3, 0.4) is 0 Å². The van der Waals surface area contributed by atoms with Gasteiger partial charge < -0.3 is 27.1 Å². The number of H-pyrrole nitrogens is 2. The Balaban J connectivity index is 1.38. The molecule has 37 heavy (non-hydrogen) atoms. The number of fused-ring (bicyclic) bond motifs is 1. The van der Waals surface area contributed by atoms with Gasteiger partial charge in [-0.15, -0.1) is 0 Å². The van der Waals surface area contributed by atoms with Crippen molar-refractivity contribution in [2.45, 2.75) is 25.6 Å². The first-order valence-electron chi connectivity index (χ1n) is 11.9. The molecule has 0 radical (unpaired) electrons. The molecule has 0 aliphatic carbocycles. The minimum absolute atomic E-state index is 0.317. The van der Waals surface area contributed by atoms with Crippen molar-refractivity contribution in [1.82, 2.24) is 30.8 Å². The minimum atomic E-state index is -0.449. The number of rotatable bonds is 8. The number of halogens is 1. The van der Waals surface area contributed by atoms with Crippen LogP contribution >= 0.6 is 11.6 Å². The second kappa shape index (κ2) is 10.7.